The second-order valence-corrected chi connectivity index (χ2v) is 9.07. The van der Waals surface area contributed by atoms with Crippen molar-refractivity contribution in [3.8, 4) is 0 Å². The zero-order valence-electron chi connectivity index (χ0n) is 15.7. The second kappa shape index (κ2) is 6.09. The minimum atomic E-state index is -0.334. The molecule has 0 radical (unpaired) electrons. The topological polar surface area (TPSA) is 43.1 Å². The van der Waals surface area contributed by atoms with Crippen LogP contribution >= 0.6 is 0 Å². The first-order chi connectivity index (χ1) is 13.1. The van der Waals surface area contributed by atoms with Gasteiger partial charge in [0.05, 0.1) is 5.41 Å². The lowest BCUT2D eigenvalue weighted by Crippen LogP contribution is -2.50. The van der Waals surface area contributed by atoms with Crippen LogP contribution in [0.3, 0.4) is 0 Å². The van der Waals surface area contributed by atoms with Crippen LogP contribution in [-0.4, -0.2) is 5.91 Å². The molecule has 2 aromatic rings. The van der Waals surface area contributed by atoms with Crippen LogP contribution in [0.15, 0.2) is 66.2 Å². The molecule has 27 heavy (non-hydrogen) atoms. The zero-order chi connectivity index (χ0) is 18.5. The Morgan fingerprint density at radius 1 is 0.963 bits per heavy atom. The van der Waals surface area contributed by atoms with Gasteiger partial charge in [-0.3, -0.25) is 4.79 Å². The lowest BCUT2D eigenvalue weighted by molar-refractivity contribution is -0.132. The third kappa shape index (κ3) is 2.65. The molecule has 6 rings (SSSR count). The molecule has 140 valence electrons. The number of nitrogens with two attached hydrogens (primary N) is 1. The van der Waals surface area contributed by atoms with Crippen LogP contribution in [0.4, 0.5) is 0 Å². The van der Waals surface area contributed by atoms with Crippen LogP contribution in [0.2, 0.25) is 0 Å². The number of carbonyl (C=O) groups is 1. The average molecular weight is 360 g/mol. The number of fused-ring (bicyclic) bond motifs is 1. The van der Waals surface area contributed by atoms with Gasteiger partial charge in [-0.05, 0) is 66.9 Å². The average Bonchev–Trinajstić information content (AvgIpc) is 2.88. The predicted octanol–water partition coefficient (Wildman–Crippen LogP) is 5.34. The fraction of sp³-hybridized carbons (Fsp3) is 0.400. The molecule has 4 unspecified atom stereocenters. The number of primary amides is 1. The molecule has 0 heterocycles. The van der Waals surface area contributed by atoms with Crippen LogP contribution in [0, 0.1) is 17.3 Å². The van der Waals surface area contributed by atoms with Crippen molar-refractivity contribution in [1.29, 1.82) is 0 Å². The fourth-order valence-electron chi connectivity index (χ4n) is 6.45. The Kier molecular flexibility index (Phi) is 3.79. The van der Waals surface area contributed by atoms with Gasteiger partial charge in [0.1, 0.15) is 0 Å². The van der Waals surface area contributed by atoms with Crippen LogP contribution < -0.4 is 5.73 Å². The Morgan fingerprint density at radius 2 is 1.63 bits per heavy atom. The van der Waals surface area contributed by atoms with E-state index in [4.69, 9.17) is 5.73 Å². The molecular weight excluding hydrogens is 330 g/mol. The van der Waals surface area contributed by atoms with E-state index in [1.54, 1.807) is 5.57 Å². The molecule has 2 nitrogen and oxygen atoms in total. The number of amides is 1. The minimum Gasteiger partial charge on any atom is -0.369 e. The molecule has 4 bridgehead atoms. The van der Waals surface area contributed by atoms with Crippen molar-refractivity contribution < 1.29 is 6.22 Å². The Morgan fingerprint density at radius 3 is 2.33 bits per heavy atom. The summed E-state index contributed by atoms with van der Waals surface area (Å²) < 4.78 is 0. The lowest BCUT2D eigenvalue weighted by atomic mass is 9.50. The number of carbonyl (C=O) groups excluding carboxylic acids is 1. The number of hydrogen-bond acceptors (Lipinski definition) is 1. The highest BCUT2D eigenvalue weighted by molar-refractivity contribution is 5.82. The summed E-state index contributed by atoms with van der Waals surface area (Å²) in [5, 5.41) is 0. The van der Waals surface area contributed by atoms with E-state index in [9.17, 15) is 4.79 Å². The van der Waals surface area contributed by atoms with E-state index in [2.05, 4.69) is 66.7 Å². The van der Waals surface area contributed by atoms with E-state index in [0.29, 0.717) is 11.8 Å². The van der Waals surface area contributed by atoms with Crippen molar-refractivity contribution in [2.45, 2.75) is 43.9 Å². The van der Waals surface area contributed by atoms with Gasteiger partial charge in [0.2, 0.25) is 5.91 Å². The van der Waals surface area contributed by atoms with E-state index >= 15 is 0 Å². The first kappa shape index (κ1) is 16.8. The Balaban J connectivity index is 0.00000192. The molecule has 1 amide bonds. The summed E-state index contributed by atoms with van der Waals surface area (Å²) >= 11 is 0. The number of hydrogen-bond donors (Lipinski definition) is 1. The van der Waals surface area contributed by atoms with Gasteiger partial charge in [-0.15, -0.1) is 0 Å². The van der Waals surface area contributed by atoms with Gasteiger partial charge in [0.25, 0.3) is 0 Å². The van der Waals surface area contributed by atoms with E-state index in [-0.39, 0.29) is 18.2 Å². The van der Waals surface area contributed by atoms with E-state index in [1.165, 1.54) is 11.1 Å². The number of rotatable bonds is 3. The van der Waals surface area contributed by atoms with Gasteiger partial charge >= 0.3 is 0 Å². The first-order valence-corrected chi connectivity index (χ1v) is 10.2. The van der Waals surface area contributed by atoms with E-state index in [1.807, 2.05) is 0 Å². The van der Waals surface area contributed by atoms with Crippen molar-refractivity contribution in [3.63, 3.8) is 0 Å². The van der Waals surface area contributed by atoms with Crippen molar-refractivity contribution >= 4 is 12.0 Å². The van der Waals surface area contributed by atoms with Gasteiger partial charge in [-0.2, -0.15) is 0 Å². The molecule has 4 aliphatic carbocycles. The van der Waals surface area contributed by atoms with Gasteiger partial charge in [-0.25, -0.2) is 0 Å². The Labute approximate surface area is 163 Å². The molecule has 4 fully saturated rings. The molecular formula is C25H29NO. The van der Waals surface area contributed by atoms with Crippen LogP contribution in [0.25, 0.3) is 6.08 Å². The molecule has 0 aliphatic heterocycles. The van der Waals surface area contributed by atoms with Gasteiger partial charge in [-0.1, -0.05) is 72.3 Å². The molecule has 4 saturated carbocycles. The normalized spacial score (nSPS) is 35.9. The monoisotopic (exact) mass is 359 g/mol. The standard InChI is InChI=1S/C25H27NO.H2/c26-23(27)24-12-11-19-14-25(17-24,21-9-5-2-6-10-21)16-20(15-24)22(19)13-18-7-3-1-4-8-18;/h1-10,13,19-20H,11-12,14-17H2,(H2,26,27);1H/b22-13+;. The summed E-state index contributed by atoms with van der Waals surface area (Å²) in [5.74, 6) is 0.954. The quantitative estimate of drug-likeness (QED) is 0.790. The first-order valence-electron chi connectivity index (χ1n) is 10.2. The van der Waals surface area contributed by atoms with Crippen molar-refractivity contribution in [2.24, 2.45) is 23.0 Å². The van der Waals surface area contributed by atoms with E-state index < -0.39 is 0 Å². The van der Waals surface area contributed by atoms with Crippen LogP contribution in [0.1, 0.15) is 51.1 Å². The highest BCUT2D eigenvalue weighted by Gasteiger charge is 2.58. The lowest BCUT2D eigenvalue weighted by Gasteiger charge is -2.53. The number of benzene rings is 2. The number of allylic oxidation sites excluding steroid dienone is 1. The van der Waals surface area contributed by atoms with Crippen LogP contribution in [0.5, 0.6) is 0 Å². The summed E-state index contributed by atoms with van der Waals surface area (Å²) in [6.45, 7) is 0. The Hall–Kier alpha value is -2.35. The predicted molar refractivity (Wildman–Crippen MR) is 111 cm³/mol. The maximum atomic E-state index is 12.6. The van der Waals surface area contributed by atoms with E-state index in [0.717, 1.165) is 38.5 Å². The molecule has 4 atom stereocenters. The minimum absolute atomic E-state index is 0. The summed E-state index contributed by atoms with van der Waals surface area (Å²) in [5.41, 5.74) is 10.1. The summed E-state index contributed by atoms with van der Waals surface area (Å²) in [4.78, 5) is 12.6. The molecule has 0 saturated heterocycles. The van der Waals surface area contributed by atoms with Crippen molar-refractivity contribution in [2.75, 3.05) is 0 Å². The van der Waals surface area contributed by atoms with Gasteiger partial charge in [0.15, 0.2) is 0 Å². The second-order valence-electron chi connectivity index (χ2n) is 9.07. The highest BCUT2D eigenvalue weighted by atomic mass is 16.1. The van der Waals surface area contributed by atoms with Crippen molar-refractivity contribution in [1.82, 2.24) is 0 Å². The molecule has 2 N–H and O–H groups in total. The highest BCUT2D eigenvalue weighted by Crippen LogP contribution is 2.64. The molecule has 2 aromatic carbocycles. The maximum absolute atomic E-state index is 12.6. The largest absolute Gasteiger partial charge is 0.369 e. The molecule has 2 heteroatoms. The third-order valence-corrected chi connectivity index (χ3v) is 7.54. The molecule has 4 aliphatic rings. The Bertz CT molecular complexity index is 893. The van der Waals surface area contributed by atoms with Crippen molar-refractivity contribution in [3.05, 3.63) is 77.4 Å². The van der Waals surface area contributed by atoms with Crippen LogP contribution in [-0.2, 0) is 10.2 Å². The summed E-state index contributed by atoms with van der Waals surface area (Å²) in [6.07, 6.45) is 8.63. The smallest absolute Gasteiger partial charge is 0.223 e. The fourth-order valence-corrected chi connectivity index (χ4v) is 6.45. The zero-order valence-corrected chi connectivity index (χ0v) is 15.7. The van der Waals surface area contributed by atoms with Gasteiger partial charge in [0, 0.05) is 1.43 Å². The SMILES string of the molecule is NC(=O)C12CCC3CC(c4ccccc4)(CC(C1)/C3=C/c1ccccc1)C2.[HH]. The molecule has 0 aromatic heterocycles. The maximum Gasteiger partial charge on any atom is 0.223 e. The molecule has 0 spiro atoms. The third-order valence-electron chi connectivity index (χ3n) is 7.54. The van der Waals surface area contributed by atoms with Gasteiger partial charge < -0.3 is 5.73 Å². The summed E-state index contributed by atoms with van der Waals surface area (Å²) in [7, 11) is 0. The summed E-state index contributed by atoms with van der Waals surface area (Å²) in [6, 6.07) is 21.5.